The summed E-state index contributed by atoms with van der Waals surface area (Å²) in [5, 5.41) is 2.09. The van der Waals surface area contributed by atoms with Crippen LogP contribution < -0.4 is 10.4 Å². The number of ether oxygens (including phenoxy) is 1. The highest BCUT2D eigenvalue weighted by molar-refractivity contribution is 6.99. The van der Waals surface area contributed by atoms with E-state index in [1.165, 1.54) is 6.08 Å². The quantitative estimate of drug-likeness (QED) is 0.527. The molecule has 2 aromatic rings. The van der Waals surface area contributed by atoms with Crippen LogP contribution in [0.2, 0.25) is 5.04 Å². The zero-order valence-electron chi connectivity index (χ0n) is 17.8. The van der Waals surface area contributed by atoms with Crippen molar-refractivity contribution in [3.63, 3.8) is 0 Å². The van der Waals surface area contributed by atoms with Gasteiger partial charge in [0, 0.05) is 0 Å². The molecule has 1 heterocycles. The molecule has 6 heteroatoms. The van der Waals surface area contributed by atoms with Crippen LogP contribution in [0.15, 0.2) is 73.3 Å². The second kappa shape index (κ2) is 8.98. The van der Waals surface area contributed by atoms with Gasteiger partial charge in [-0.1, -0.05) is 94.1 Å². The number of benzene rings is 2. The minimum absolute atomic E-state index is 0.0723. The van der Waals surface area contributed by atoms with Gasteiger partial charge in [0.05, 0.1) is 19.1 Å². The number of nitrogens with zero attached hydrogens (tertiary/aromatic N) is 1. The van der Waals surface area contributed by atoms with E-state index in [0.717, 1.165) is 15.3 Å². The Kier molecular flexibility index (Phi) is 6.58. The number of hydrogen-bond donors (Lipinski definition) is 0. The smallest absolute Gasteiger partial charge is 0.416 e. The third-order valence-corrected chi connectivity index (χ3v) is 10.5. The normalized spacial score (nSPS) is 17.1. The van der Waals surface area contributed by atoms with E-state index in [9.17, 15) is 9.59 Å². The van der Waals surface area contributed by atoms with Crippen molar-refractivity contribution >= 4 is 30.7 Å². The van der Waals surface area contributed by atoms with E-state index in [-0.39, 0.29) is 36.6 Å². The van der Waals surface area contributed by atoms with Crippen molar-refractivity contribution in [1.29, 1.82) is 0 Å². The molecule has 2 aromatic carbocycles. The van der Waals surface area contributed by atoms with Gasteiger partial charge in [0.15, 0.2) is 0 Å². The van der Waals surface area contributed by atoms with Crippen LogP contribution in [0.3, 0.4) is 0 Å². The van der Waals surface area contributed by atoms with Gasteiger partial charge in [0.25, 0.3) is 8.32 Å². The lowest BCUT2D eigenvalue weighted by molar-refractivity contribution is -0.126. The van der Waals surface area contributed by atoms with Gasteiger partial charge in [-0.15, -0.1) is 0 Å². The Labute approximate surface area is 179 Å². The van der Waals surface area contributed by atoms with Crippen molar-refractivity contribution < 1.29 is 18.8 Å². The summed E-state index contributed by atoms with van der Waals surface area (Å²) in [5.74, 6) is -0.271. The van der Waals surface area contributed by atoms with Crippen LogP contribution in [-0.2, 0) is 14.0 Å². The largest absolute Gasteiger partial charge is 0.445 e. The number of rotatable bonds is 6. The highest BCUT2D eigenvalue weighted by atomic mass is 28.4. The van der Waals surface area contributed by atoms with E-state index in [0.29, 0.717) is 0 Å². The van der Waals surface area contributed by atoms with Crippen molar-refractivity contribution in [2.75, 3.05) is 13.2 Å². The van der Waals surface area contributed by atoms with Crippen LogP contribution in [0.5, 0.6) is 0 Å². The molecule has 1 fully saturated rings. The van der Waals surface area contributed by atoms with E-state index in [2.05, 4.69) is 51.6 Å². The molecule has 0 N–H and O–H groups in total. The molecule has 3 rings (SSSR count). The van der Waals surface area contributed by atoms with Gasteiger partial charge in [-0.25, -0.2) is 9.69 Å². The SMILES string of the molecule is C=CCOC(=O)N1C[C@H](O[Si](c2ccccc2)(c2ccccc2)C(C)(C)C)CC1=O. The summed E-state index contributed by atoms with van der Waals surface area (Å²) in [6.07, 6.45) is 0.608. The average molecular weight is 424 g/mol. The van der Waals surface area contributed by atoms with Gasteiger partial charge in [-0.3, -0.25) is 4.79 Å². The van der Waals surface area contributed by atoms with Crippen LogP contribution in [-0.4, -0.2) is 44.5 Å². The summed E-state index contributed by atoms with van der Waals surface area (Å²) in [5.41, 5.74) is 0. The fourth-order valence-corrected chi connectivity index (χ4v) is 8.75. The fraction of sp³-hybridized carbons (Fsp3) is 0.333. The zero-order valence-corrected chi connectivity index (χ0v) is 18.8. The van der Waals surface area contributed by atoms with E-state index in [1.807, 2.05) is 36.4 Å². The molecule has 1 aliphatic heterocycles. The van der Waals surface area contributed by atoms with Crippen molar-refractivity contribution in [2.24, 2.45) is 0 Å². The van der Waals surface area contributed by atoms with Crippen LogP contribution in [0.25, 0.3) is 0 Å². The van der Waals surface area contributed by atoms with Crippen molar-refractivity contribution in [3.05, 3.63) is 73.3 Å². The molecule has 0 aromatic heterocycles. The molecule has 0 radical (unpaired) electrons. The first-order valence-electron chi connectivity index (χ1n) is 10.2. The van der Waals surface area contributed by atoms with Crippen LogP contribution >= 0.6 is 0 Å². The maximum Gasteiger partial charge on any atom is 0.416 e. The Morgan fingerprint density at radius 2 is 1.63 bits per heavy atom. The molecule has 0 spiro atoms. The third kappa shape index (κ3) is 4.25. The van der Waals surface area contributed by atoms with E-state index in [1.54, 1.807) is 0 Å². The molecule has 0 aliphatic carbocycles. The van der Waals surface area contributed by atoms with Gasteiger partial charge in [0.2, 0.25) is 5.91 Å². The predicted octanol–water partition coefficient (Wildman–Crippen LogP) is 3.49. The standard InChI is InChI=1S/C24H29NO4Si/c1-5-16-28-23(27)25-18-19(17-22(25)26)29-30(24(2,3)4,20-12-8-6-9-13-20)21-14-10-7-11-15-21/h5-15,19H,1,16-18H2,2-4H3/t19-/m1/s1. The maximum absolute atomic E-state index is 12.5. The molecule has 30 heavy (non-hydrogen) atoms. The molecule has 2 amide bonds. The van der Waals surface area contributed by atoms with Crippen molar-refractivity contribution in [3.8, 4) is 0 Å². The predicted molar refractivity (Wildman–Crippen MR) is 120 cm³/mol. The highest BCUT2D eigenvalue weighted by Gasteiger charge is 2.53. The lowest BCUT2D eigenvalue weighted by Gasteiger charge is -2.44. The lowest BCUT2D eigenvalue weighted by atomic mass is 10.2. The van der Waals surface area contributed by atoms with Crippen LogP contribution in [0.4, 0.5) is 4.79 Å². The lowest BCUT2D eigenvalue weighted by Crippen LogP contribution is -2.67. The first kappa shape index (κ1) is 22.0. The number of carbonyl (C=O) groups excluding carboxylic acids is 2. The van der Waals surface area contributed by atoms with E-state index >= 15 is 0 Å². The number of hydrogen-bond acceptors (Lipinski definition) is 4. The van der Waals surface area contributed by atoms with Gasteiger partial charge in [0.1, 0.15) is 6.61 Å². The molecule has 1 saturated heterocycles. The third-order valence-electron chi connectivity index (χ3n) is 5.39. The minimum atomic E-state index is -2.78. The average Bonchev–Trinajstić information content (AvgIpc) is 3.10. The molecule has 0 unspecified atom stereocenters. The van der Waals surface area contributed by atoms with E-state index < -0.39 is 14.4 Å². The summed E-state index contributed by atoms with van der Waals surface area (Å²) < 4.78 is 12.0. The number of carbonyl (C=O) groups is 2. The highest BCUT2D eigenvalue weighted by Crippen LogP contribution is 2.38. The summed E-state index contributed by atoms with van der Waals surface area (Å²) in [7, 11) is -2.78. The number of imide groups is 1. The Morgan fingerprint density at radius 1 is 1.10 bits per heavy atom. The van der Waals surface area contributed by atoms with Gasteiger partial charge < -0.3 is 9.16 Å². The second-order valence-corrected chi connectivity index (χ2v) is 12.7. The summed E-state index contributed by atoms with van der Waals surface area (Å²) >= 11 is 0. The topological polar surface area (TPSA) is 55.8 Å². The Balaban J connectivity index is 1.99. The summed E-state index contributed by atoms with van der Waals surface area (Å²) in [4.78, 5) is 25.9. The van der Waals surface area contributed by atoms with Gasteiger partial charge >= 0.3 is 6.09 Å². The van der Waals surface area contributed by atoms with Crippen molar-refractivity contribution in [2.45, 2.75) is 38.3 Å². The van der Waals surface area contributed by atoms with Gasteiger partial charge in [-0.05, 0) is 15.4 Å². The Morgan fingerprint density at radius 3 is 2.10 bits per heavy atom. The number of likely N-dealkylation sites (tertiary alicyclic amines) is 1. The Hall–Kier alpha value is -2.70. The fourth-order valence-electron chi connectivity index (χ4n) is 4.08. The summed E-state index contributed by atoms with van der Waals surface area (Å²) in [6.45, 7) is 10.4. The molecular weight excluding hydrogens is 394 g/mol. The molecule has 1 atom stereocenters. The van der Waals surface area contributed by atoms with Crippen molar-refractivity contribution in [1.82, 2.24) is 4.90 Å². The molecule has 0 saturated carbocycles. The first-order valence-corrected chi connectivity index (χ1v) is 12.1. The molecule has 5 nitrogen and oxygen atoms in total. The van der Waals surface area contributed by atoms with Gasteiger partial charge in [-0.2, -0.15) is 0 Å². The summed E-state index contributed by atoms with van der Waals surface area (Å²) in [6, 6.07) is 20.5. The van der Waals surface area contributed by atoms with Crippen LogP contribution in [0, 0.1) is 0 Å². The first-order chi connectivity index (χ1) is 14.3. The molecule has 0 bridgehead atoms. The second-order valence-electron chi connectivity index (χ2n) is 8.48. The minimum Gasteiger partial charge on any atom is -0.445 e. The zero-order chi connectivity index (χ0) is 21.8. The number of amides is 2. The maximum atomic E-state index is 12.5. The molecule has 1 aliphatic rings. The monoisotopic (exact) mass is 423 g/mol. The Bertz CT molecular complexity index is 853. The van der Waals surface area contributed by atoms with E-state index in [4.69, 9.17) is 9.16 Å². The van der Waals surface area contributed by atoms with Crippen LogP contribution in [0.1, 0.15) is 27.2 Å². The molecule has 158 valence electrons. The molecular formula is C24H29NO4Si.